The van der Waals surface area contributed by atoms with Crippen LogP contribution < -0.4 is 5.32 Å². The van der Waals surface area contributed by atoms with Crippen molar-refractivity contribution >= 4 is 29.1 Å². The molecular formula is C26H22Cl2FN3O2. The summed E-state index contributed by atoms with van der Waals surface area (Å²) in [4.78, 5) is 19.0. The van der Waals surface area contributed by atoms with Crippen molar-refractivity contribution in [2.45, 2.75) is 26.2 Å². The van der Waals surface area contributed by atoms with Gasteiger partial charge in [0, 0.05) is 19.6 Å². The summed E-state index contributed by atoms with van der Waals surface area (Å²) < 4.78 is 18.6. The topological polar surface area (TPSA) is 58.4 Å². The molecular weight excluding hydrogens is 476 g/mol. The third kappa shape index (κ3) is 6.67. The lowest BCUT2D eigenvalue weighted by Crippen LogP contribution is -2.24. The lowest BCUT2D eigenvalue weighted by Gasteiger charge is -2.21. The van der Waals surface area contributed by atoms with Crippen molar-refractivity contribution in [3.8, 4) is 0 Å². The minimum Gasteiger partial charge on any atom is -0.447 e. The Morgan fingerprint density at radius 2 is 1.59 bits per heavy atom. The van der Waals surface area contributed by atoms with Crippen LogP contribution in [0.15, 0.2) is 83.5 Å². The predicted octanol–water partition coefficient (Wildman–Crippen LogP) is 6.25. The van der Waals surface area contributed by atoms with Gasteiger partial charge in [-0.15, -0.1) is 0 Å². The summed E-state index contributed by atoms with van der Waals surface area (Å²) in [6.07, 6.45) is 1.34. The Morgan fingerprint density at radius 1 is 0.882 bits per heavy atom. The van der Waals surface area contributed by atoms with E-state index in [-0.39, 0.29) is 24.0 Å². The number of benzene rings is 3. The zero-order valence-electron chi connectivity index (χ0n) is 18.2. The molecule has 0 spiro atoms. The first-order chi connectivity index (χ1) is 16.5. The summed E-state index contributed by atoms with van der Waals surface area (Å²) >= 11 is 12.2. The van der Waals surface area contributed by atoms with E-state index in [0.29, 0.717) is 35.6 Å². The molecule has 0 saturated heterocycles. The lowest BCUT2D eigenvalue weighted by atomic mass is 10.1. The van der Waals surface area contributed by atoms with Gasteiger partial charge in [0.1, 0.15) is 12.1 Å². The summed E-state index contributed by atoms with van der Waals surface area (Å²) in [6, 6.07) is 21.5. The molecule has 0 saturated carbocycles. The first-order valence-corrected chi connectivity index (χ1v) is 11.4. The Labute approximate surface area is 207 Å². The van der Waals surface area contributed by atoms with E-state index in [9.17, 15) is 9.18 Å². The van der Waals surface area contributed by atoms with E-state index in [2.05, 4.69) is 15.2 Å². The lowest BCUT2D eigenvalue weighted by molar-refractivity contribution is 0.0945. The number of carbonyl (C=O) groups is 1. The van der Waals surface area contributed by atoms with Gasteiger partial charge in [-0.25, -0.2) is 9.37 Å². The molecule has 0 bridgehead atoms. The number of rotatable bonds is 9. The number of carbonyl (C=O) groups excluding carboxylic acids is 1. The van der Waals surface area contributed by atoms with Gasteiger partial charge in [-0.2, -0.15) is 0 Å². The normalized spacial score (nSPS) is 11.1. The zero-order valence-corrected chi connectivity index (χ0v) is 19.7. The third-order valence-corrected chi connectivity index (χ3v) is 5.89. The molecule has 1 amide bonds. The van der Waals surface area contributed by atoms with Crippen LogP contribution in [0.5, 0.6) is 0 Å². The smallest absolute Gasteiger partial charge is 0.273 e. The summed E-state index contributed by atoms with van der Waals surface area (Å²) in [7, 11) is 0. The predicted molar refractivity (Wildman–Crippen MR) is 130 cm³/mol. The number of halogens is 3. The van der Waals surface area contributed by atoms with Crippen molar-refractivity contribution in [1.29, 1.82) is 0 Å². The van der Waals surface area contributed by atoms with Crippen LogP contribution in [0.2, 0.25) is 10.0 Å². The van der Waals surface area contributed by atoms with E-state index in [1.165, 1.54) is 18.4 Å². The molecule has 34 heavy (non-hydrogen) atoms. The standard InChI is InChI=1S/C26H22Cl2FN3O2/c27-22-11-8-20(12-23(22)28)15-32(14-19-4-2-1-3-5-19)16-25-31-24(17-34-25)26(33)30-13-18-6-9-21(29)10-7-18/h1-12,17H,13-16H2,(H,30,33). The van der Waals surface area contributed by atoms with E-state index in [4.69, 9.17) is 27.6 Å². The number of hydrogen-bond donors (Lipinski definition) is 1. The summed E-state index contributed by atoms with van der Waals surface area (Å²) in [5.41, 5.74) is 3.10. The van der Waals surface area contributed by atoms with Gasteiger partial charge in [0.15, 0.2) is 5.69 Å². The molecule has 0 atom stereocenters. The number of aromatic nitrogens is 1. The quantitative estimate of drug-likeness (QED) is 0.296. The second kappa shape index (κ2) is 11.3. The van der Waals surface area contributed by atoms with E-state index >= 15 is 0 Å². The Kier molecular flexibility index (Phi) is 7.95. The molecule has 1 N–H and O–H groups in total. The van der Waals surface area contributed by atoms with Crippen LogP contribution in [0.4, 0.5) is 4.39 Å². The fraction of sp³-hybridized carbons (Fsp3) is 0.154. The average molecular weight is 498 g/mol. The van der Waals surface area contributed by atoms with Gasteiger partial charge in [-0.1, -0.05) is 71.7 Å². The van der Waals surface area contributed by atoms with Crippen LogP contribution in [0.1, 0.15) is 33.1 Å². The minimum absolute atomic E-state index is 0.186. The van der Waals surface area contributed by atoms with E-state index < -0.39 is 0 Å². The van der Waals surface area contributed by atoms with Gasteiger partial charge in [-0.05, 0) is 41.0 Å². The number of nitrogens with one attached hydrogen (secondary N) is 1. The summed E-state index contributed by atoms with van der Waals surface area (Å²) in [5.74, 6) is -0.265. The molecule has 1 heterocycles. The number of oxazole rings is 1. The van der Waals surface area contributed by atoms with Gasteiger partial charge in [0.25, 0.3) is 5.91 Å². The number of nitrogens with zero attached hydrogens (tertiary/aromatic N) is 2. The molecule has 0 fully saturated rings. The Morgan fingerprint density at radius 3 is 2.32 bits per heavy atom. The average Bonchev–Trinajstić information content (AvgIpc) is 3.30. The number of hydrogen-bond acceptors (Lipinski definition) is 4. The highest BCUT2D eigenvalue weighted by Crippen LogP contribution is 2.24. The van der Waals surface area contributed by atoms with Crippen molar-refractivity contribution in [1.82, 2.24) is 15.2 Å². The molecule has 0 aliphatic heterocycles. The van der Waals surface area contributed by atoms with Gasteiger partial charge in [0.05, 0.1) is 16.6 Å². The minimum atomic E-state index is -0.363. The highest BCUT2D eigenvalue weighted by molar-refractivity contribution is 6.42. The van der Waals surface area contributed by atoms with Crippen molar-refractivity contribution < 1.29 is 13.6 Å². The van der Waals surface area contributed by atoms with Crippen molar-refractivity contribution in [2.24, 2.45) is 0 Å². The second-order valence-electron chi connectivity index (χ2n) is 7.81. The molecule has 1 aromatic heterocycles. The molecule has 0 aliphatic carbocycles. The molecule has 4 aromatic rings. The first-order valence-electron chi connectivity index (χ1n) is 10.6. The van der Waals surface area contributed by atoms with E-state index in [1.807, 2.05) is 42.5 Å². The molecule has 5 nitrogen and oxygen atoms in total. The van der Waals surface area contributed by atoms with Gasteiger partial charge in [-0.3, -0.25) is 9.69 Å². The highest BCUT2D eigenvalue weighted by Gasteiger charge is 2.16. The first kappa shape index (κ1) is 24.0. The molecule has 0 aliphatic rings. The fourth-order valence-corrected chi connectivity index (χ4v) is 3.78. The highest BCUT2D eigenvalue weighted by atomic mass is 35.5. The SMILES string of the molecule is O=C(NCc1ccc(F)cc1)c1coc(CN(Cc2ccccc2)Cc2ccc(Cl)c(Cl)c2)n1. The van der Waals surface area contributed by atoms with Crippen LogP contribution in [-0.4, -0.2) is 15.8 Å². The van der Waals surface area contributed by atoms with Gasteiger partial charge < -0.3 is 9.73 Å². The van der Waals surface area contributed by atoms with Gasteiger partial charge >= 0.3 is 0 Å². The molecule has 0 radical (unpaired) electrons. The van der Waals surface area contributed by atoms with Crippen LogP contribution >= 0.6 is 23.2 Å². The molecule has 4 rings (SSSR count). The van der Waals surface area contributed by atoms with E-state index in [1.54, 1.807) is 18.2 Å². The van der Waals surface area contributed by atoms with Gasteiger partial charge in [0.2, 0.25) is 5.89 Å². The van der Waals surface area contributed by atoms with Crippen LogP contribution in [0.3, 0.4) is 0 Å². The molecule has 8 heteroatoms. The summed E-state index contributed by atoms with van der Waals surface area (Å²) in [6.45, 7) is 1.88. The van der Waals surface area contributed by atoms with Crippen molar-refractivity contribution in [2.75, 3.05) is 0 Å². The maximum absolute atomic E-state index is 13.0. The molecule has 3 aromatic carbocycles. The maximum Gasteiger partial charge on any atom is 0.273 e. The monoisotopic (exact) mass is 497 g/mol. The fourth-order valence-electron chi connectivity index (χ4n) is 3.46. The second-order valence-corrected chi connectivity index (χ2v) is 8.63. The largest absolute Gasteiger partial charge is 0.447 e. The Hall–Kier alpha value is -3.19. The third-order valence-electron chi connectivity index (χ3n) is 5.15. The van der Waals surface area contributed by atoms with E-state index in [0.717, 1.165) is 16.7 Å². The maximum atomic E-state index is 13.0. The van der Waals surface area contributed by atoms with Crippen LogP contribution in [-0.2, 0) is 26.2 Å². The summed E-state index contributed by atoms with van der Waals surface area (Å²) in [5, 5.41) is 3.77. The molecule has 0 unspecified atom stereocenters. The zero-order chi connectivity index (χ0) is 23.9. The van der Waals surface area contributed by atoms with Crippen molar-refractivity contribution in [3.05, 3.63) is 123 Å². The van der Waals surface area contributed by atoms with Crippen LogP contribution in [0, 0.1) is 5.82 Å². The Balaban J connectivity index is 1.43. The Bertz CT molecular complexity index is 1250. The van der Waals surface area contributed by atoms with Crippen molar-refractivity contribution in [3.63, 3.8) is 0 Å². The van der Waals surface area contributed by atoms with Crippen LogP contribution in [0.25, 0.3) is 0 Å². The number of amides is 1. The molecule has 174 valence electrons.